The Kier molecular flexibility index (Phi) is 4.87. The fourth-order valence-corrected chi connectivity index (χ4v) is 4.87. The van der Waals surface area contributed by atoms with Crippen molar-refractivity contribution in [2.24, 2.45) is 0 Å². The summed E-state index contributed by atoms with van der Waals surface area (Å²) in [5.74, 6) is -0.756. The molecular weight excluding hydrogens is 378 g/mol. The minimum Gasteiger partial charge on any atom is -0.322 e. The summed E-state index contributed by atoms with van der Waals surface area (Å²) in [5.41, 5.74) is 5.65. The Morgan fingerprint density at radius 2 is 1.80 bits per heavy atom. The molecule has 0 spiro atoms. The van der Waals surface area contributed by atoms with E-state index in [0.29, 0.717) is 24.6 Å². The van der Waals surface area contributed by atoms with Crippen molar-refractivity contribution in [2.45, 2.75) is 57.3 Å². The van der Waals surface area contributed by atoms with Gasteiger partial charge in [-0.05, 0) is 54.0 Å². The molecule has 2 aromatic rings. The van der Waals surface area contributed by atoms with Gasteiger partial charge in [-0.2, -0.15) is 0 Å². The molecule has 6 nitrogen and oxygen atoms in total. The highest BCUT2D eigenvalue weighted by molar-refractivity contribution is 6.05. The molecule has 6 heteroatoms. The van der Waals surface area contributed by atoms with Crippen LogP contribution in [0.4, 0.5) is 0 Å². The molecule has 154 valence electrons. The molecule has 2 aromatic carbocycles. The normalized spacial score (nSPS) is 23.2. The third-order valence-electron chi connectivity index (χ3n) is 6.53. The molecular formula is C24H25N3O3. The highest BCUT2D eigenvalue weighted by atomic mass is 16.2. The number of nitrogens with zero attached hydrogens (tertiary/aromatic N) is 1. The molecule has 2 heterocycles. The average molecular weight is 403 g/mol. The van der Waals surface area contributed by atoms with Gasteiger partial charge in [0.25, 0.3) is 5.91 Å². The Balaban J connectivity index is 1.24. The Bertz CT molecular complexity index is 1030. The highest BCUT2D eigenvalue weighted by Crippen LogP contribution is 2.28. The monoisotopic (exact) mass is 403 g/mol. The number of benzene rings is 2. The third-order valence-corrected chi connectivity index (χ3v) is 6.53. The van der Waals surface area contributed by atoms with Gasteiger partial charge in [0.2, 0.25) is 11.8 Å². The number of carbonyl (C=O) groups excluding carboxylic acids is 3. The van der Waals surface area contributed by atoms with Crippen molar-refractivity contribution in [3.8, 4) is 0 Å². The number of fused-ring (bicyclic) bond motifs is 2. The van der Waals surface area contributed by atoms with Crippen LogP contribution < -0.4 is 10.6 Å². The molecule has 0 radical (unpaired) electrons. The standard InChI is InChI=1S/C24H25N3O3/c28-22-10-9-21(23(29)26-22)27-14-18-11-15(5-8-20(18)24(27)30)13-25-19-7-6-16-3-1-2-4-17(16)12-19/h1-5,8,11,19,21,25H,6-7,9-10,12-14H2,(H,26,28,29). The van der Waals surface area contributed by atoms with Gasteiger partial charge in [0.15, 0.2) is 0 Å². The van der Waals surface area contributed by atoms with Crippen molar-refractivity contribution in [1.82, 2.24) is 15.5 Å². The first kappa shape index (κ1) is 19.0. The van der Waals surface area contributed by atoms with E-state index < -0.39 is 6.04 Å². The van der Waals surface area contributed by atoms with Crippen molar-refractivity contribution < 1.29 is 14.4 Å². The lowest BCUT2D eigenvalue weighted by molar-refractivity contribution is -0.136. The molecule has 0 bridgehead atoms. The predicted molar refractivity (Wildman–Crippen MR) is 112 cm³/mol. The highest BCUT2D eigenvalue weighted by Gasteiger charge is 2.39. The molecule has 1 saturated heterocycles. The van der Waals surface area contributed by atoms with E-state index in [2.05, 4.69) is 41.0 Å². The summed E-state index contributed by atoms with van der Waals surface area (Å²) in [6.45, 7) is 1.18. The summed E-state index contributed by atoms with van der Waals surface area (Å²) >= 11 is 0. The number of aryl methyl sites for hydroxylation is 1. The Hall–Kier alpha value is -2.99. The van der Waals surface area contributed by atoms with E-state index in [1.165, 1.54) is 11.1 Å². The van der Waals surface area contributed by atoms with Gasteiger partial charge in [-0.3, -0.25) is 19.7 Å². The molecule has 2 aliphatic heterocycles. The van der Waals surface area contributed by atoms with Crippen LogP contribution in [0.3, 0.4) is 0 Å². The quantitative estimate of drug-likeness (QED) is 0.767. The second-order valence-electron chi connectivity index (χ2n) is 8.48. The molecule has 2 unspecified atom stereocenters. The van der Waals surface area contributed by atoms with Crippen LogP contribution in [0.2, 0.25) is 0 Å². The van der Waals surface area contributed by atoms with Gasteiger partial charge in [-0.1, -0.05) is 36.4 Å². The molecule has 0 saturated carbocycles. The van der Waals surface area contributed by atoms with Crippen LogP contribution >= 0.6 is 0 Å². The third kappa shape index (κ3) is 3.52. The van der Waals surface area contributed by atoms with Gasteiger partial charge < -0.3 is 10.2 Å². The summed E-state index contributed by atoms with van der Waals surface area (Å²) in [4.78, 5) is 38.0. The summed E-state index contributed by atoms with van der Waals surface area (Å²) in [5, 5.41) is 6.01. The van der Waals surface area contributed by atoms with Crippen LogP contribution in [0, 0.1) is 0 Å². The van der Waals surface area contributed by atoms with Crippen LogP contribution in [-0.2, 0) is 35.5 Å². The summed E-state index contributed by atoms with van der Waals surface area (Å²) in [6.07, 6.45) is 3.94. The maximum Gasteiger partial charge on any atom is 0.255 e. The number of piperidine rings is 1. The van der Waals surface area contributed by atoms with Gasteiger partial charge >= 0.3 is 0 Å². The van der Waals surface area contributed by atoms with Gasteiger partial charge in [0, 0.05) is 31.1 Å². The zero-order chi connectivity index (χ0) is 20.7. The lowest BCUT2D eigenvalue weighted by atomic mass is 9.88. The van der Waals surface area contributed by atoms with E-state index in [-0.39, 0.29) is 24.1 Å². The molecule has 5 rings (SSSR count). The summed E-state index contributed by atoms with van der Waals surface area (Å²) < 4.78 is 0. The summed E-state index contributed by atoms with van der Waals surface area (Å²) in [6, 6.07) is 14.5. The van der Waals surface area contributed by atoms with Gasteiger partial charge in [-0.25, -0.2) is 0 Å². The van der Waals surface area contributed by atoms with Crippen molar-refractivity contribution in [2.75, 3.05) is 0 Å². The largest absolute Gasteiger partial charge is 0.322 e. The molecule has 3 amide bonds. The van der Waals surface area contributed by atoms with Crippen LogP contribution in [0.1, 0.15) is 51.9 Å². The lowest BCUT2D eigenvalue weighted by Gasteiger charge is -2.29. The van der Waals surface area contributed by atoms with Crippen LogP contribution in [0.15, 0.2) is 42.5 Å². The fraction of sp³-hybridized carbons (Fsp3) is 0.375. The van der Waals surface area contributed by atoms with Crippen molar-refractivity contribution in [3.63, 3.8) is 0 Å². The first-order valence-corrected chi connectivity index (χ1v) is 10.6. The van der Waals surface area contributed by atoms with E-state index in [0.717, 1.165) is 36.9 Å². The number of nitrogens with one attached hydrogen (secondary N) is 2. The van der Waals surface area contributed by atoms with E-state index in [9.17, 15) is 14.4 Å². The van der Waals surface area contributed by atoms with Crippen LogP contribution in [0.25, 0.3) is 0 Å². The van der Waals surface area contributed by atoms with Gasteiger partial charge in [0.05, 0.1) is 0 Å². The fourth-order valence-electron chi connectivity index (χ4n) is 4.87. The molecule has 2 atom stereocenters. The zero-order valence-electron chi connectivity index (χ0n) is 16.8. The number of rotatable bonds is 4. The summed E-state index contributed by atoms with van der Waals surface area (Å²) in [7, 11) is 0. The first-order valence-electron chi connectivity index (χ1n) is 10.6. The Morgan fingerprint density at radius 1 is 0.967 bits per heavy atom. The van der Waals surface area contributed by atoms with Crippen LogP contribution in [0.5, 0.6) is 0 Å². The first-order chi connectivity index (χ1) is 14.6. The molecule has 2 N–H and O–H groups in total. The maximum absolute atomic E-state index is 12.8. The lowest BCUT2D eigenvalue weighted by Crippen LogP contribution is -2.52. The van der Waals surface area contributed by atoms with Gasteiger partial charge in [0.1, 0.15) is 6.04 Å². The minimum absolute atomic E-state index is 0.122. The van der Waals surface area contributed by atoms with Crippen molar-refractivity contribution >= 4 is 17.7 Å². The zero-order valence-corrected chi connectivity index (χ0v) is 16.8. The van der Waals surface area contributed by atoms with Crippen molar-refractivity contribution in [3.05, 3.63) is 70.3 Å². The molecule has 1 aliphatic carbocycles. The smallest absolute Gasteiger partial charge is 0.255 e. The number of hydrogen-bond donors (Lipinski definition) is 2. The molecule has 1 fully saturated rings. The number of imide groups is 1. The predicted octanol–water partition coefficient (Wildman–Crippen LogP) is 2.09. The number of hydrogen-bond acceptors (Lipinski definition) is 4. The van der Waals surface area contributed by atoms with Gasteiger partial charge in [-0.15, -0.1) is 0 Å². The second-order valence-corrected chi connectivity index (χ2v) is 8.48. The average Bonchev–Trinajstić information content (AvgIpc) is 3.08. The van der Waals surface area contributed by atoms with Crippen LogP contribution in [-0.4, -0.2) is 34.7 Å². The van der Waals surface area contributed by atoms with E-state index in [4.69, 9.17) is 0 Å². The number of amides is 3. The second kappa shape index (κ2) is 7.69. The molecule has 0 aromatic heterocycles. The Labute approximate surface area is 175 Å². The topological polar surface area (TPSA) is 78.5 Å². The van der Waals surface area contributed by atoms with E-state index in [1.807, 2.05) is 12.1 Å². The minimum atomic E-state index is -0.563. The molecule has 3 aliphatic rings. The number of carbonyl (C=O) groups is 3. The SMILES string of the molecule is O=C1CCC(N2Cc3cc(CNC4CCc5ccccc5C4)ccc3C2=O)C(=O)N1. The van der Waals surface area contributed by atoms with E-state index in [1.54, 1.807) is 4.90 Å². The molecule has 30 heavy (non-hydrogen) atoms. The van der Waals surface area contributed by atoms with E-state index >= 15 is 0 Å². The maximum atomic E-state index is 12.8. The van der Waals surface area contributed by atoms with Crippen molar-refractivity contribution in [1.29, 1.82) is 0 Å². The Morgan fingerprint density at radius 3 is 2.63 bits per heavy atom.